The van der Waals surface area contributed by atoms with Crippen LogP contribution in [0.2, 0.25) is 0 Å². The average Bonchev–Trinajstić information content (AvgIpc) is 3.59. The van der Waals surface area contributed by atoms with Gasteiger partial charge in [-0.1, -0.05) is 54.6 Å². The highest BCUT2D eigenvalue weighted by Crippen LogP contribution is 2.35. The van der Waals surface area contributed by atoms with E-state index in [1.54, 1.807) is 34.9 Å². The normalized spacial score (nSPS) is 18.5. The first-order chi connectivity index (χ1) is 18.0. The van der Waals surface area contributed by atoms with Crippen molar-refractivity contribution in [1.82, 2.24) is 25.3 Å². The monoisotopic (exact) mass is 493 g/mol. The van der Waals surface area contributed by atoms with E-state index in [1.165, 1.54) is 0 Å². The summed E-state index contributed by atoms with van der Waals surface area (Å²) in [5.74, 6) is -0.211. The summed E-state index contributed by atoms with van der Waals surface area (Å²) in [6.45, 7) is 0.223. The topological polar surface area (TPSA) is 106 Å². The fourth-order valence-electron chi connectivity index (χ4n) is 4.95. The van der Waals surface area contributed by atoms with E-state index in [9.17, 15) is 14.4 Å². The molecule has 9 nitrogen and oxygen atoms in total. The van der Waals surface area contributed by atoms with E-state index in [4.69, 9.17) is 9.84 Å². The number of hydrogen-bond acceptors (Lipinski definition) is 5. The molecule has 1 saturated heterocycles. The van der Waals surface area contributed by atoms with Crippen molar-refractivity contribution in [2.24, 2.45) is 0 Å². The third-order valence-corrected chi connectivity index (χ3v) is 6.78. The van der Waals surface area contributed by atoms with Gasteiger partial charge in [-0.05, 0) is 35.9 Å². The van der Waals surface area contributed by atoms with Crippen LogP contribution in [0.1, 0.15) is 21.6 Å². The Morgan fingerprint density at radius 2 is 1.68 bits per heavy atom. The molecule has 4 amide bonds. The summed E-state index contributed by atoms with van der Waals surface area (Å²) in [6.07, 6.45) is 0. The Kier molecular flexibility index (Phi) is 5.26. The Labute approximate surface area is 212 Å². The number of hydrogen-bond donors (Lipinski definition) is 2. The number of aromatic nitrogens is 2. The molecule has 1 aromatic heterocycles. The highest BCUT2D eigenvalue weighted by Gasteiger charge is 2.53. The van der Waals surface area contributed by atoms with Crippen molar-refractivity contribution in [2.45, 2.75) is 12.1 Å². The molecule has 184 valence electrons. The molecule has 2 N–H and O–H groups in total. The summed E-state index contributed by atoms with van der Waals surface area (Å²) in [4.78, 5) is 41.0. The number of amides is 4. The lowest BCUT2D eigenvalue weighted by molar-refractivity contribution is -0.125. The van der Waals surface area contributed by atoms with Gasteiger partial charge in [-0.25, -0.2) is 9.48 Å². The first-order valence-corrected chi connectivity index (χ1v) is 11.8. The maximum Gasteiger partial charge on any atom is 0.322 e. The molecule has 1 fully saturated rings. The van der Waals surface area contributed by atoms with Crippen molar-refractivity contribution < 1.29 is 19.1 Å². The third-order valence-electron chi connectivity index (χ3n) is 6.78. The fraction of sp³-hybridized carbons (Fsp3) is 0.143. The summed E-state index contributed by atoms with van der Waals surface area (Å²) >= 11 is 0. The number of fused-ring (bicyclic) bond motifs is 1. The Morgan fingerprint density at radius 3 is 2.35 bits per heavy atom. The van der Waals surface area contributed by atoms with Crippen molar-refractivity contribution in [3.63, 3.8) is 0 Å². The minimum absolute atomic E-state index is 0.0762. The molecular formula is C28H23N5O4. The average molecular weight is 494 g/mol. The SMILES string of the molecule is COc1ccc2c(c1)C(=O)N(C[C@@]1(c3cc(-c4ccccc4)nn3-c3ccccc3)NC(=O)NC1=O)C2. The van der Waals surface area contributed by atoms with Crippen LogP contribution in [-0.4, -0.2) is 46.2 Å². The maximum absolute atomic E-state index is 13.5. The lowest BCUT2D eigenvalue weighted by Gasteiger charge is -2.31. The zero-order chi connectivity index (χ0) is 25.6. The van der Waals surface area contributed by atoms with Gasteiger partial charge < -0.3 is 15.0 Å². The number of ether oxygens (including phenoxy) is 1. The van der Waals surface area contributed by atoms with Gasteiger partial charge in [-0.2, -0.15) is 5.10 Å². The second-order valence-corrected chi connectivity index (χ2v) is 9.03. The number of imide groups is 1. The molecule has 2 aliphatic rings. The van der Waals surface area contributed by atoms with Crippen molar-refractivity contribution in [3.05, 3.63) is 102 Å². The van der Waals surface area contributed by atoms with Gasteiger partial charge in [0.1, 0.15) is 5.75 Å². The third kappa shape index (κ3) is 3.72. The van der Waals surface area contributed by atoms with Crippen molar-refractivity contribution >= 4 is 17.8 Å². The van der Waals surface area contributed by atoms with Gasteiger partial charge in [0.05, 0.1) is 30.7 Å². The van der Waals surface area contributed by atoms with Crippen LogP contribution >= 0.6 is 0 Å². The molecule has 3 heterocycles. The van der Waals surface area contributed by atoms with Crippen molar-refractivity contribution in [2.75, 3.05) is 13.7 Å². The summed E-state index contributed by atoms with van der Waals surface area (Å²) in [5, 5.41) is 10.0. The lowest BCUT2D eigenvalue weighted by atomic mass is 9.93. The lowest BCUT2D eigenvalue weighted by Crippen LogP contribution is -2.53. The van der Waals surface area contributed by atoms with E-state index in [2.05, 4.69) is 10.6 Å². The van der Waals surface area contributed by atoms with Gasteiger partial charge in [-0.15, -0.1) is 0 Å². The molecule has 0 saturated carbocycles. The molecule has 4 aromatic rings. The molecule has 37 heavy (non-hydrogen) atoms. The van der Waals surface area contributed by atoms with Crippen LogP contribution in [0.5, 0.6) is 5.75 Å². The van der Waals surface area contributed by atoms with Gasteiger partial charge in [0.25, 0.3) is 11.8 Å². The van der Waals surface area contributed by atoms with Gasteiger partial charge in [-0.3, -0.25) is 14.9 Å². The standard InChI is InChI=1S/C28H23N5O4/c1-37-21-13-12-19-16-32(25(34)22(19)14-21)17-28(26(35)29-27(36)30-28)24-15-23(18-8-4-2-5-9-18)31-33(24)20-10-6-3-7-11-20/h2-15H,16-17H2,1H3,(H2,29,30,35,36)/t28-/m0/s1. The number of nitrogens with one attached hydrogen (secondary N) is 2. The highest BCUT2D eigenvalue weighted by molar-refractivity contribution is 6.08. The van der Waals surface area contributed by atoms with Crippen LogP contribution in [0.4, 0.5) is 4.79 Å². The number of carbonyl (C=O) groups excluding carboxylic acids is 3. The smallest absolute Gasteiger partial charge is 0.322 e. The molecule has 6 rings (SSSR count). The number of benzene rings is 3. The summed E-state index contributed by atoms with van der Waals surface area (Å²) < 4.78 is 6.94. The number of urea groups is 1. The van der Waals surface area contributed by atoms with Crippen LogP contribution < -0.4 is 15.4 Å². The minimum Gasteiger partial charge on any atom is -0.497 e. The van der Waals surface area contributed by atoms with E-state index >= 15 is 0 Å². The summed E-state index contributed by atoms with van der Waals surface area (Å²) in [7, 11) is 1.54. The molecule has 3 aromatic carbocycles. The predicted octanol–water partition coefficient (Wildman–Crippen LogP) is 3.24. The first kappa shape index (κ1) is 22.5. The Hall–Kier alpha value is -4.92. The molecule has 9 heteroatoms. The number of nitrogens with zero attached hydrogens (tertiary/aromatic N) is 3. The van der Waals surface area contributed by atoms with E-state index in [-0.39, 0.29) is 12.5 Å². The Morgan fingerprint density at radius 1 is 0.946 bits per heavy atom. The summed E-state index contributed by atoms with van der Waals surface area (Å²) in [6, 6.07) is 25.5. The molecular weight excluding hydrogens is 470 g/mol. The molecule has 0 aliphatic carbocycles. The van der Waals surface area contributed by atoms with Crippen LogP contribution in [0.25, 0.3) is 16.9 Å². The highest BCUT2D eigenvalue weighted by atomic mass is 16.5. The molecule has 0 unspecified atom stereocenters. The van der Waals surface area contributed by atoms with E-state index in [0.717, 1.165) is 11.1 Å². The van der Waals surface area contributed by atoms with Crippen LogP contribution in [0.15, 0.2) is 84.9 Å². The van der Waals surface area contributed by atoms with E-state index in [1.807, 2.05) is 66.7 Å². The molecule has 0 radical (unpaired) electrons. The van der Waals surface area contributed by atoms with Crippen LogP contribution in [0.3, 0.4) is 0 Å². The number of methoxy groups -OCH3 is 1. The molecule has 1 atom stereocenters. The zero-order valence-electron chi connectivity index (χ0n) is 20.0. The Bertz CT molecular complexity index is 1530. The van der Waals surface area contributed by atoms with E-state index < -0.39 is 17.5 Å². The second kappa shape index (κ2) is 8.63. The van der Waals surface area contributed by atoms with Gasteiger partial charge in [0, 0.05) is 17.7 Å². The number of rotatable bonds is 6. The fourth-order valence-corrected chi connectivity index (χ4v) is 4.95. The maximum atomic E-state index is 13.5. The zero-order valence-corrected chi connectivity index (χ0v) is 20.0. The quantitative estimate of drug-likeness (QED) is 0.401. The largest absolute Gasteiger partial charge is 0.497 e. The van der Waals surface area contributed by atoms with Crippen molar-refractivity contribution in [3.8, 4) is 22.7 Å². The van der Waals surface area contributed by atoms with Crippen LogP contribution in [-0.2, 0) is 16.9 Å². The molecule has 0 spiro atoms. The first-order valence-electron chi connectivity index (χ1n) is 11.8. The van der Waals surface area contributed by atoms with Gasteiger partial charge in [0.15, 0.2) is 5.54 Å². The second-order valence-electron chi connectivity index (χ2n) is 9.03. The minimum atomic E-state index is -1.56. The van der Waals surface area contributed by atoms with Crippen molar-refractivity contribution in [1.29, 1.82) is 0 Å². The molecule has 2 aliphatic heterocycles. The van der Waals surface area contributed by atoms with Gasteiger partial charge in [0.2, 0.25) is 0 Å². The number of carbonyl (C=O) groups is 3. The number of para-hydroxylation sites is 1. The van der Waals surface area contributed by atoms with Crippen LogP contribution in [0, 0.1) is 0 Å². The predicted molar refractivity (Wildman–Crippen MR) is 135 cm³/mol. The van der Waals surface area contributed by atoms with Gasteiger partial charge >= 0.3 is 6.03 Å². The molecule has 0 bridgehead atoms. The Balaban J connectivity index is 1.48. The van der Waals surface area contributed by atoms with E-state index in [0.29, 0.717) is 34.9 Å². The summed E-state index contributed by atoms with van der Waals surface area (Å²) in [5.41, 5.74) is 2.43.